The largest absolute Gasteiger partial charge is 0.467 e. The Hall–Kier alpha value is -2.01. The molecule has 96 valence electrons. The number of furan rings is 1. The molecule has 2 heterocycles. The van der Waals surface area contributed by atoms with Crippen LogP contribution in [0.2, 0.25) is 0 Å². The van der Waals surface area contributed by atoms with Crippen LogP contribution in [-0.2, 0) is 4.79 Å². The molecule has 1 amide bonds. The molecular weight excluding hydrogens is 232 g/mol. The maximum Gasteiger partial charge on any atom is 0.242 e. The normalized spacial score (nSPS) is 14.1. The minimum Gasteiger partial charge on any atom is -0.467 e. The zero-order valence-corrected chi connectivity index (χ0v) is 10.1. The SMILES string of the molecule is CC(C(=O)NCC(O)c1ccco1)n1cccc1. The van der Waals surface area contributed by atoms with Gasteiger partial charge in [-0.1, -0.05) is 0 Å². The summed E-state index contributed by atoms with van der Waals surface area (Å²) in [4.78, 5) is 11.8. The third-order valence-corrected chi connectivity index (χ3v) is 2.80. The first-order valence-electron chi connectivity index (χ1n) is 5.80. The smallest absolute Gasteiger partial charge is 0.242 e. The molecule has 2 rings (SSSR count). The second-order valence-electron chi connectivity index (χ2n) is 4.08. The summed E-state index contributed by atoms with van der Waals surface area (Å²) in [7, 11) is 0. The Balaban J connectivity index is 1.85. The molecule has 2 aromatic heterocycles. The van der Waals surface area contributed by atoms with Gasteiger partial charge in [-0.2, -0.15) is 0 Å². The van der Waals surface area contributed by atoms with Gasteiger partial charge in [-0.05, 0) is 31.2 Å². The Morgan fingerprint density at radius 1 is 1.44 bits per heavy atom. The molecular formula is C13H16N2O3. The fraction of sp³-hybridized carbons (Fsp3) is 0.308. The van der Waals surface area contributed by atoms with Crippen molar-refractivity contribution in [1.82, 2.24) is 9.88 Å². The van der Waals surface area contributed by atoms with E-state index in [9.17, 15) is 9.90 Å². The van der Waals surface area contributed by atoms with Crippen LogP contribution in [0.25, 0.3) is 0 Å². The molecule has 0 spiro atoms. The lowest BCUT2D eigenvalue weighted by molar-refractivity contribution is -0.124. The van der Waals surface area contributed by atoms with Crippen molar-refractivity contribution in [3.05, 3.63) is 48.7 Å². The van der Waals surface area contributed by atoms with Crippen molar-refractivity contribution in [2.75, 3.05) is 6.54 Å². The molecule has 0 saturated carbocycles. The van der Waals surface area contributed by atoms with Gasteiger partial charge in [0.15, 0.2) is 0 Å². The Kier molecular flexibility index (Phi) is 3.84. The highest BCUT2D eigenvalue weighted by molar-refractivity contribution is 5.79. The molecule has 2 aromatic rings. The van der Waals surface area contributed by atoms with Crippen LogP contribution < -0.4 is 5.32 Å². The summed E-state index contributed by atoms with van der Waals surface area (Å²) in [6.07, 6.45) is 4.32. The van der Waals surface area contributed by atoms with E-state index in [2.05, 4.69) is 5.32 Å². The molecule has 18 heavy (non-hydrogen) atoms. The van der Waals surface area contributed by atoms with Gasteiger partial charge in [0.05, 0.1) is 12.8 Å². The second-order valence-corrected chi connectivity index (χ2v) is 4.08. The summed E-state index contributed by atoms with van der Waals surface area (Å²) in [6, 6.07) is 6.79. The summed E-state index contributed by atoms with van der Waals surface area (Å²) in [6.45, 7) is 1.94. The summed E-state index contributed by atoms with van der Waals surface area (Å²) in [5.41, 5.74) is 0. The highest BCUT2D eigenvalue weighted by Gasteiger charge is 2.16. The number of hydrogen-bond donors (Lipinski definition) is 2. The predicted molar refractivity (Wildman–Crippen MR) is 65.8 cm³/mol. The number of rotatable bonds is 5. The first-order valence-corrected chi connectivity index (χ1v) is 5.80. The molecule has 0 aromatic carbocycles. The molecule has 0 aliphatic carbocycles. The fourth-order valence-corrected chi connectivity index (χ4v) is 1.67. The molecule has 5 nitrogen and oxygen atoms in total. The van der Waals surface area contributed by atoms with Gasteiger partial charge in [0.25, 0.3) is 0 Å². The van der Waals surface area contributed by atoms with Crippen LogP contribution in [0.1, 0.15) is 24.8 Å². The van der Waals surface area contributed by atoms with Crippen LogP contribution in [0.3, 0.4) is 0 Å². The Morgan fingerprint density at radius 2 is 2.17 bits per heavy atom. The van der Waals surface area contributed by atoms with Gasteiger partial charge in [-0.15, -0.1) is 0 Å². The van der Waals surface area contributed by atoms with Crippen LogP contribution >= 0.6 is 0 Å². The quantitative estimate of drug-likeness (QED) is 0.842. The maximum atomic E-state index is 11.8. The number of nitrogens with zero attached hydrogens (tertiary/aromatic N) is 1. The first-order chi connectivity index (χ1) is 8.68. The van der Waals surface area contributed by atoms with Crippen molar-refractivity contribution < 1.29 is 14.3 Å². The Labute approximate surface area is 105 Å². The van der Waals surface area contributed by atoms with Gasteiger partial charge < -0.3 is 19.4 Å². The third-order valence-electron chi connectivity index (χ3n) is 2.80. The summed E-state index contributed by atoms with van der Waals surface area (Å²) >= 11 is 0. The van der Waals surface area contributed by atoms with Crippen molar-refractivity contribution >= 4 is 5.91 Å². The molecule has 0 radical (unpaired) electrons. The van der Waals surface area contributed by atoms with E-state index in [0.717, 1.165) is 0 Å². The topological polar surface area (TPSA) is 67.4 Å². The van der Waals surface area contributed by atoms with E-state index in [1.165, 1.54) is 6.26 Å². The van der Waals surface area contributed by atoms with Crippen LogP contribution in [-0.4, -0.2) is 22.1 Å². The average molecular weight is 248 g/mol. The van der Waals surface area contributed by atoms with E-state index in [-0.39, 0.29) is 18.5 Å². The number of nitrogens with one attached hydrogen (secondary N) is 1. The van der Waals surface area contributed by atoms with Gasteiger partial charge >= 0.3 is 0 Å². The molecule has 0 aliphatic heterocycles. The number of aliphatic hydroxyl groups excluding tert-OH is 1. The van der Waals surface area contributed by atoms with Gasteiger partial charge in [0.2, 0.25) is 5.91 Å². The summed E-state index contributed by atoms with van der Waals surface area (Å²) in [5.74, 6) is 0.306. The highest BCUT2D eigenvalue weighted by Crippen LogP contribution is 2.12. The number of carbonyl (C=O) groups is 1. The number of amides is 1. The molecule has 0 fully saturated rings. The van der Waals surface area contributed by atoms with Gasteiger partial charge in [0.1, 0.15) is 17.9 Å². The molecule has 0 aliphatic rings. The number of hydrogen-bond acceptors (Lipinski definition) is 3. The number of aromatic nitrogens is 1. The van der Waals surface area contributed by atoms with Crippen molar-refractivity contribution in [3.63, 3.8) is 0 Å². The van der Waals surface area contributed by atoms with E-state index in [0.29, 0.717) is 5.76 Å². The molecule has 0 saturated heterocycles. The van der Waals surface area contributed by atoms with Crippen LogP contribution in [0.5, 0.6) is 0 Å². The minimum atomic E-state index is -0.819. The van der Waals surface area contributed by atoms with Crippen LogP contribution in [0.15, 0.2) is 47.3 Å². The Morgan fingerprint density at radius 3 is 2.78 bits per heavy atom. The molecule has 2 unspecified atom stereocenters. The van der Waals surface area contributed by atoms with E-state index in [1.54, 1.807) is 23.6 Å². The maximum absolute atomic E-state index is 11.8. The third kappa shape index (κ3) is 2.81. The van der Waals surface area contributed by atoms with Gasteiger partial charge in [-0.3, -0.25) is 4.79 Å². The van der Waals surface area contributed by atoms with E-state index in [1.807, 2.05) is 24.5 Å². The lowest BCUT2D eigenvalue weighted by Crippen LogP contribution is -2.33. The second kappa shape index (κ2) is 5.55. The Bertz CT molecular complexity index is 476. The predicted octanol–water partition coefficient (Wildman–Crippen LogP) is 1.49. The summed E-state index contributed by atoms with van der Waals surface area (Å²) < 4.78 is 6.85. The molecule has 0 bridgehead atoms. The molecule has 2 atom stereocenters. The standard InChI is InChI=1S/C13H16N2O3/c1-10(15-6-2-3-7-15)13(17)14-9-11(16)12-5-4-8-18-12/h2-8,10-11,16H,9H2,1H3,(H,14,17). The molecule has 5 heteroatoms. The van der Waals surface area contributed by atoms with E-state index < -0.39 is 6.10 Å². The summed E-state index contributed by atoms with van der Waals surface area (Å²) in [5, 5.41) is 12.4. The lowest BCUT2D eigenvalue weighted by atomic mass is 10.2. The number of aliphatic hydroxyl groups is 1. The van der Waals surface area contributed by atoms with E-state index in [4.69, 9.17) is 4.42 Å². The average Bonchev–Trinajstić information content (AvgIpc) is 3.05. The lowest BCUT2D eigenvalue weighted by Gasteiger charge is -2.15. The first kappa shape index (κ1) is 12.4. The van der Waals surface area contributed by atoms with Crippen molar-refractivity contribution in [2.45, 2.75) is 19.1 Å². The number of carbonyl (C=O) groups excluding carboxylic acids is 1. The van der Waals surface area contributed by atoms with Crippen molar-refractivity contribution in [3.8, 4) is 0 Å². The zero-order chi connectivity index (χ0) is 13.0. The van der Waals surface area contributed by atoms with Crippen molar-refractivity contribution in [2.24, 2.45) is 0 Å². The van der Waals surface area contributed by atoms with Crippen LogP contribution in [0, 0.1) is 0 Å². The fourth-order valence-electron chi connectivity index (χ4n) is 1.67. The minimum absolute atomic E-state index is 0.137. The van der Waals surface area contributed by atoms with Crippen molar-refractivity contribution in [1.29, 1.82) is 0 Å². The highest BCUT2D eigenvalue weighted by atomic mass is 16.4. The monoisotopic (exact) mass is 248 g/mol. The molecule has 2 N–H and O–H groups in total. The van der Waals surface area contributed by atoms with Gasteiger partial charge in [0, 0.05) is 12.4 Å². The van der Waals surface area contributed by atoms with E-state index >= 15 is 0 Å². The van der Waals surface area contributed by atoms with Crippen LogP contribution in [0.4, 0.5) is 0 Å². The zero-order valence-electron chi connectivity index (χ0n) is 10.1. The van der Waals surface area contributed by atoms with Gasteiger partial charge in [-0.25, -0.2) is 0 Å².